The first-order valence-electron chi connectivity index (χ1n) is 4.81. The standard InChI is InChI=1S/C11H12F4/c1-2-3-5-8-9(11(13,14)15)6-4-7-10(8)12/h4,6-7H,2-3,5H2,1H3. The maximum Gasteiger partial charge on any atom is 0.416 e. The van der Waals surface area contributed by atoms with Gasteiger partial charge >= 0.3 is 6.18 Å². The fourth-order valence-corrected chi connectivity index (χ4v) is 1.43. The van der Waals surface area contributed by atoms with E-state index in [0.29, 0.717) is 6.42 Å². The summed E-state index contributed by atoms with van der Waals surface area (Å²) in [7, 11) is 0. The molecule has 0 aromatic heterocycles. The van der Waals surface area contributed by atoms with Crippen LogP contribution in [0.15, 0.2) is 18.2 Å². The van der Waals surface area contributed by atoms with Crippen molar-refractivity contribution in [1.29, 1.82) is 0 Å². The van der Waals surface area contributed by atoms with E-state index in [1.807, 2.05) is 6.92 Å². The molecule has 0 fully saturated rings. The predicted octanol–water partition coefficient (Wildman–Crippen LogP) is 4.19. The molecule has 0 bridgehead atoms. The lowest BCUT2D eigenvalue weighted by Gasteiger charge is -2.12. The molecule has 0 spiro atoms. The number of halogens is 4. The van der Waals surface area contributed by atoms with E-state index in [9.17, 15) is 17.6 Å². The first-order chi connectivity index (χ1) is 6.96. The van der Waals surface area contributed by atoms with Crippen molar-refractivity contribution in [1.82, 2.24) is 0 Å². The van der Waals surface area contributed by atoms with Crippen molar-refractivity contribution in [3.05, 3.63) is 35.1 Å². The minimum absolute atomic E-state index is 0.137. The van der Waals surface area contributed by atoms with Crippen LogP contribution in [0.1, 0.15) is 30.9 Å². The Morgan fingerprint density at radius 3 is 2.40 bits per heavy atom. The summed E-state index contributed by atoms with van der Waals surface area (Å²) >= 11 is 0. The third-order valence-electron chi connectivity index (χ3n) is 2.20. The molecule has 1 rings (SSSR count). The maximum atomic E-state index is 13.2. The van der Waals surface area contributed by atoms with Crippen LogP contribution in [0.25, 0.3) is 0 Å². The van der Waals surface area contributed by atoms with Gasteiger partial charge in [0.15, 0.2) is 0 Å². The highest BCUT2D eigenvalue weighted by Crippen LogP contribution is 2.33. The van der Waals surface area contributed by atoms with Crippen molar-refractivity contribution in [3.8, 4) is 0 Å². The molecule has 84 valence electrons. The lowest BCUT2D eigenvalue weighted by Crippen LogP contribution is -2.10. The Balaban J connectivity index is 3.09. The van der Waals surface area contributed by atoms with Gasteiger partial charge in [0, 0.05) is 0 Å². The highest BCUT2D eigenvalue weighted by Gasteiger charge is 2.33. The van der Waals surface area contributed by atoms with Crippen LogP contribution in [-0.4, -0.2) is 0 Å². The first-order valence-corrected chi connectivity index (χ1v) is 4.81. The monoisotopic (exact) mass is 220 g/mol. The molecular weight excluding hydrogens is 208 g/mol. The Kier molecular flexibility index (Phi) is 3.72. The van der Waals surface area contributed by atoms with Crippen molar-refractivity contribution in [2.45, 2.75) is 32.4 Å². The molecular formula is C11H12F4. The third kappa shape index (κ3) is 2.94. The average molecular weight is 220 g/mol. The summed E-state index contributed by atoms with van der Waals surface area (Å²) < 4.78 is 50.7. The van der Waals surface area contributed by atoms with Crippen LogP contribution >= 0.6 is 0 Å². The number of alkyl halides is 3. The summed E-state index contributed by atoms with van der Waals surface area (Å²) in [6.45, 7) is 1.86. The second-order valence-electron chi connectivity index (χ2n) is 3.37. The van der Waals surface area contributed by atoms with Crippen LogP contribution < -0.4 is 0 Å². The quantitative estimate of drug-likeness (QED) is 0.670. The normalized spacial score (nSPS) is 11.8. The van der Waals surface area contributed by atoms with Crippen LogP contribution in [0.5, 0.6) is 0 Å². The van der Waals surface area contributed by atoms with E-state index in [1.54, 1.807) is 0 Å². The minimum atomic E-state index is -4.47. The Hall–Kier alpha value is -1.06. The zero-order chi connectivity index (χ0) is 11.5. The van der Waals surface area contributed by atoms with Crippen LogP contribution in [-0.2, 0) is 12.6 Å². The van der Waals surface area contributed by atoms with E-state index < -0.39 is 17.6 Å². The molecule has 1 aromatic rings. The summed E-state index contributed by atoms with van der Waals surface area (Å²) in [5.41, 5.74) is -1.07. The van der Waals surface area contributed by atoms with Crippen LogP contribution in [0.4, 0.5) is 17.6 Å². The van der Waals surface area contributed by atoms with Gasteiger partial charge in [-0.05, 0) is 30.5 Å². The van der Waals surface area contributed by atoms with Crippen molar-refractivity contribution in [2.75, 3.05) is 0 Å². The topological polar surface area (TPSA) is 0 Å². The van der Waals surface area contributed by atoms with E-state index in [-0.39, 0.29) is 12.0 Å². The van der Waals surface area contributed by atoms with E-state index in [0.717, 1.165) is 24.6 Å². The Morgan fingerprint density at radius 1 is 1.20 bits per heavy atom. The van der Waals surface area contributed by atoms with Gasteiger partial charge in [-0.15, -0.1) is 0 Å². The van der Waals surface area contributed by atoms with Crippen LogP contribution in [0, 0.1) is 5.82 Å². The first kappa shape index (κ1) is 12.0. The molecule has 1 aromatic carbocycles. The summed E-state index contributed by atoms with van der Waals surface area (Å²) in [6.07, 6.45) is -3.03. The molecule has 0 saturated carbocycles. The van der Waals surface area contributed by atoms with E-state index in [1.165, 1.54) is 0 Å². The Morgan fingerprint density at radius 2 is 1.87 bits per heavy atom. The van der Waals surface area contributed by atoms with Gasteiger partial charge in [-0.2, -0.15) is 13.2 Å². The third-order valence-corrected chi connectivity index (χ3v) is 2.20. The lowest BCUT2D eigenvalue weighted by molar-refractivity contribution is -0.138. The summed E-state index contributed by atoms with van der Waals surface area (Å²) in [6, 6.07) is 3.09. The van der Waals surface area contributed by atoms with Gasteiger partial charge in [0.2, 0.25) is 0 Å². The maximum absolute atomic E-state index is 13.2. The lowest BCUT2D eigenvalue weighted by atomic mass is 10.0. The number of hydrogen-bond donors (Lipinski definition) is 0. The second-order valence-corrected chi connectivity index (χ2v) is 3.37. The summed E-state index contributed by atoms with van der Waals surface area (Å²) in [4.78, 5) is 0. The molecule has 0 nitrogen and oxygen atoms in total. The molecule has 0 aliphatic carbocycles. The molecule has 0 N–H and O–H groups in total. The van der Waals surface area contributed by atoms with Gasteiger partial charge in [0.25, 0.3) is 0 Å². The number of unbranched alkanes of at least 4 members (excludes halogenated alkanes) is 1. The van der Waals surface area contributed by atoms with Gasteiger partial charge < -0.3 is 0 Å². The highest BCUT2D eigenvalue weighted by molar-refractivity contribution is 5.31. The van der Waals surface area contributed by atoms with Crippen molar-refractivity contribution in [3.63, 3.8) is 0 Å². The van der Waals surface area contributed by atoms with Crippen molar-refractivity contribution >= 4 is 0 Å². The zero-order valence-electron chi connectivity index (χ0n) is 8.37. The fourth-order valence-electron chi connectivity index (χ4n) is 1.43. The molecule has 0 radical (unpaired) electrons. The Bertz CT molecular complexity index is 328. The van der Waals surface area contributed by atoms with Crippen molar-refractivity contribution < 1.29 is 17.6 Å². The van der Waals surface area contributed by atoms with Crippen LogP contribution in [0.3, 0.4) is 0 Å². The molecule has 0 atom stereocenters. The fraction of sp³-hybridized carbons (Fsp3) is 0.455. The van der Waals surface area contributed by atoms with Crippen LogP contribution in [0.2, 0.25) is 0 Å². The van der Waals surface area contributed by atoms with Gasteiger partial charge in [0.1, 0.15) is 5.82 Å². The molecule has 15 heavy (non-hydrogen) atoms. The largest absolute Gasteiger partial charge is 0.416 e. The number of rotatable bonds is 3. The van der Waals surface area contributed by atoms with Crippen molar-refractivity contribution in [2.24, 2.45) is 0 Å². The molecule has 4 heteroatoms. The average Bonchev–Trinajstić information content (AvgIpc) is 2.14. The summed E-state index contributed by atoms with van der Waals surface area (Å²) in [5, 5.41) is 0. The predicted molar refractivity (Wildman–Crippen MR) is 50.0 cm³/mol. The van der Waals surface area contributed by atoms with Gasteiger partial charge in [-0.1, -0.05) is 19.4 Å². The smallest absolute Gasteiger partial charge is 0.207 e. The molecule has 0 aliphatic rings. The summed E-state index contributed by atoms with van der Waals surface area (Å²) in [5.74, 6) is -0.765. The molecule has 0 unspecified atom stereocenters. The van der Waals surface area contributed by atoms with Gasteiger partial charge in [0.05, 0.1) is 5.56 Å². The Labute approximate surface area is 85.9 Å². The highest BCUT2D eigenvalue weighted by atomic mass is 19.4. The zero-order valence-corrected chi connectivity index (χ0v) is 8.37. The van der Waals surface area contributed by atoms with Gasteiger partial charge in [-0.25, -0.2) is 4.39 Å². The minimum Gasteiger partial charge on any atom is -0.207 e. The van der Waals surface area contributed by atoms with E-state index >= 15 is 0 Å². The molecule has 0 heterocycles. The van der Waals surface area contributed by atoms with E-state index in [2.05, 4.69) is 0 Å². The second kappa shape index (κ2) is 4.64. The molecule has 0 amide bonds. The number of benzene rings is 1. The van der Waals surface area contributed by atoms with Gasteiger partial charge in [-0.3, -0.25) is 0 Å². The molecule has 0 saturated heterocycles. The number of hydrogen-bond acceptors (Lipinski definition) is 0. The molecule has 0 aliphatic heterocycles. The SMILES string of the molecule is CCCCc1c(F)cccc1C(F)(F)F. The van der Waals surface area contributed by atoms with E-state index in [4.69, 9.17) is 0 Å².